The molecule has 2 rings (SSSR count). The van der Waals surface area contributed by atoms with E-state index in [-0.39, 0.29) is 17.4 Å². The molecule has 9 nitrogen and oxygen atoms in total. The van der Waals surface area contributed by atoms with Gasteiger partial charge in [0.05, 0.1) is 5.56 Å². The molecule has 162 valence electrons. The number of aromatic nitrogens is 2. The zero-order valence-corrected chi connectivity index (χ0v) is 18.9. The second-order valence-corrected chi connectivity index (χ2v) is 9.17. The number of hydrogen-bond acceptors (Lipinski definition) is 6. The zero-order chi connectivity index (χ0) is 22.6. The quantitative estimate of drug-likeness (QED) is 0.575. The molecule has 0 atom stereocenters. The summed E-state index contributed by atoms with van der Waals surface area (Å²) >= 11 is 6.21. The third kappa shape index (κ3) is 5.45. The third-order valence-corrected chi connectivity index (χ3v) is 5.60. The summed E-state index contributed by atoms with van der Waals surface area (Å²) in [5.74, 6) is -0.391. The molecule has 0 saturated heterocycles. The number of anilines is 1. The van der Waals surface area contributed by atoms with Crippen molar-refractivity contribution in [2.75, 3.05) is 12.4 Å². The van der Waals surface area contributed by atoms with Gasteiger partial charge in [-0.2, -0.15) is 8.42 Å². The predicted molar refractivity (Wildman–Crippen MR) is 114 cm³/mol. The van der Waals surface area contributed by atoms with Crippen LogP contribution >= 0.6 is 11.6 Å². The van der Waals surface area contributed by atoms with Crippen LogP contribution in [-0.2, 0) is 10.0 Å². The van der Waals surface area contributed by atoms with E-state index in [4.69, 9.17) is 11.6 Å². The van der Waals surface area contributed by atoms with Gasteiger partial charge in [0, 0.05) is 30.2 Å². The van der Waals surface area contributed by atoms with E-state index in [0.29, 0.717) is 10.7 Å². The number of hydrogen-bond donors (Lipinski definition) is 3. The Balaban J connectivity index is 2.30. The summed E-state index contributed by atoms with van der Waals surface area (Å²) in [6.45, 7) is 7.77. The van der Waals surface area contributed by atoms with Gasteiger partial charge < -0.3 is 10.6 Å². The molecule has 1 heterocycles. The van der Waals surface area contributed by atoms with E-state index in [1.165, 1.54) is 7.05 Å². The van der Waals surface area contributed by atoms with Gasteiger partial charge in [-0.3, -0.25) is 4.79 Å². The predicted octanol–water partition coefficient (Wildman–Crippen LogP) is 3.25. The summed E-state index contributed by atoms with van der Waals surface area (Å²) in [5, 5.41) is 4.90. The maximum absolute atomic E-state index is 12.5. The molecule has 0 unspecified atom stereocenters. The second-order valence-electron chi connectivity index (χ2n) is 7.16. The average Bonchev–Trinajstić information content (AvgIpc) is 2.67. The highest BCUT2D eigenvalue weighted by atomic mass is 35.5. The minimum absolute atomic E-state index is 0.0358. The number of halogens is 1. The van der Waals surface area contributed by atoms with Gasteiger partial charge in [0.1, 0.15) is 0 Å². The highest BCUT2D eigenvalue weighted by molar-refractivity contribution is 7.89. The van der Waals surface area contributed by atoms with Crippen LogP contribution in [0, 0.1) is 0 Å². The summed E-state index contributed by atoms with van der Waals surface area (Å²) in [7, 11) is -2.92. The Morgan fingerprint density at radius 2 is 1.50 bits per heavy atom. The van der Waals surface area contributed by atoms with E-state index < -0.39 is 27.1 Å². The summed E-state index contributed by atoms with van der Waals surface area (Å²) in [5.41, 5.74) is 2.16. The molecule has 2 aromatic rings. The van der Waals surface area contributed by atoms with Crippen molar-refractivity contribution in [1.82, 2.24) is 20.0 Å². The van der Waals surface area contributed by atoms with Gasteiger partial charge >= 0.3 is 16.1 Å². The molecule has 0 aliphatic carbocycles. The van der Waals surface area contributed by atoms with Crippen LogP contribution in [0.2, 0.25) is 5.02 Å². The Kier molecular flexibility index (Phi) is 7.38. The molecule has 0 aliphatic heterocycles. The van der Waals surface area contributed by atoms with Gasteiger partial charge in [-0.1, -0.05) is 39.3 Å². The van der Waals surface area contributed by atoms with Crippen molar-refractivity contribution in [2.24, 2.45) is 0 Å². The Hall–Kier alpha value is -2.72. The first-order chi connectivity index (χ1) is 14.0. The second kappa shape index (κ2) is 9.40. The average molecular weight is 454 g/mol. The van der Waals surface area contributed by atoms with Gasteiger partial charge in [-0.05, 0) is 35.1 Å². The number of benzene rings is 1. The zero-order valence-electron chi connectivity index (χ0n) is 17.3. The van der Waals surface area contributed by atoms with Crippen molar-refractivity contribution in [3.63, 3.8) is 0 Å². The highest BCUT2D eigenvalue weighted by Gasteiger charge is 2.24. The smallest absolute Gasteiger partial charge is 0.333 e. The molecule has 3 N–H and O–H groups in total. The van der Waals surface area contributed by atoms with Crippen LogP contribution in [0.5, 0.6) is 0 Å². The van der Waals surface area contributed by atoms with Crippen molar-refractivity contribution in [3.8, 4) is 0 Å². The lowest BCUT2D eigenvalue weighted by atomic mass is 9.92. The lowest BCUT2D eigenvalue weighted by molar-refractivity contribution is 0.0962. The molecule has 1 aromatic heterocycles. The van der Waals surface area contributed by atoms with E-state index in [2.05, 4.69) is 20.6 Å². The Morgan fingerprint density at radius 1 is 1.00 bits per heavy atom. The minimum atomic E-state index is -4.35. The van der Waals surface area contributed by atoms with Gasteiger partial charge in [0.25, 0.3) is 11.1 Å². The number of nitrogens with one attached hydrogen (secondary N) is 3. The molecule has 11 heteroatoms. The normalized spacial score (nSPS) is 11.5. The summed E-state index contributed by atoms with van der Waals surface area (Å²) in [4.78, 5) is 31.4. The largest absolute Gasteiger partial charge is 0.355 e. The van der Waals surface area contributed by atoms with E-state index in [1.54, 1.807) is 12.1 Å². The van der Waals surface area contributed by atoms with Crippen LogP contribution in [0.4, 0.5) is 10.5 Å². The van der Waals surface area contributed by atoms with Crippen molar-refractivity contribution >= 4 is 39.2 Å². The Morgan fingerprint density at radius 3 is 1.93 bits per heavy atom. The molecule has 0 saturated carbocycles. The van der Waals surface area contributed by atoms with E-state index in [9.17, 15) is 18.0 Å². The van der Waals surface area contributed by atoms with Gasteiger partial charge in [0.2, 0.25) is 0 Å². The SMILES string of the molecule is CNC(=O)c1cnc(S(=O)(=O)NC(=O)Nc2c(C(C)C)cc(Cl)cc2C(C)C)nc1. The fourth-order valence-corrected chi connectivity index (χ4v) is 3.73. The summed E-state index contributed by atoms with van der Waals surface area (Å²) in [6, 6.07) is 2.52. The fourth-order valence-electron chi connectivity index (χ4n) is 2.73. The van der Waals surface area contributed by atoms with Gasteiger partial charge in [-0.15, -0.1) is 0 Å². The number of carbonyl (C=O) groups is 2. The molecule has 1 aromatic carbocycles. The molecule has 0 radical (unpaired) electrons. The van der Waals surface area contributed by atoms with Crippen LogP contribution in [0.25, 0.3) is 0 Å². The molecule has 0 spiro atoms. The molecule has 3 amide bonds. The summed E-state index contributed by atoms with van der Waals surface area (Å²) < 4.78 is 26.8. The number of amides is 3. The number of rotatable bonds is 6. The molecule has 0 fully saturated rings. The Labute approximate surface area is 180 Å². The van der Waals surface area contributed by atoms with E-state index in [1.807, 2.05) is 32.4 Å². The highest BCUT2D eigenvalue weighted by Crippen LogP contribution is 2.35. The summed E-state index contributed by atoms with van der Waals surface area (Å²) in [6.07, 6.45) is 2.12. The van der Waals surface area contributed by atoms with Gasteiger partial charge in [-0.25, -0.2) is 19.5 Å². The van der Waals surface area contributed by atoms with Crippen molar-refractivity contribution in [3.05, 3.63) is 46.2 Å². The molecular weight excluding hydrogens is 430 g/mol. The number of carbonyl (C=O) groups excluding carboxylic acids is 2. The van der Waals surface area contributed by atoms with Crippen LogP contribution in [-0.4, -0.2) is 37.4 Å². The van der Waals surface area contributed by atoms with E-state index >= 15 is 0 Å². The fraction of sp³-hybridized carbons (Fsp3) is 0.368. The topological polar surface area (TPSA) is 130 Å². The lowest BCUT2D eigenvalue weighted by Crippen LogP contribution is -2.36. The van der Waals surface area contributed by atoms with Crippen molar-refractivity contribution < 1.29 is 18.0 Å². The van der Waals surface area contributed by atoms with Gasteiger partial charge in [0.15, 0.2) is 0 Å². The van der Waals surface area contributed by atoms with Crippen LogP contribution < -0.4 is 15.4 Å². The molecule has 0 bridgehead atoms. The first-order valence-electron chi connectivity index (χ1n) is 9.17. The maximum atomic E-state index is 12.5. The minimum Gasteiger partial charge on any atom is -0.355 e. The van der Waals surface area contributed by atoms with Crippen molar-refractivity contribution in [1.29, 1.82) is 0 Å². The maximum Gasteiger partial charge on any atom is 0.333 e. The van der Waals surface area contributed by atoms with Crippen LogP contribution in [0.15, 0.2) is 29.7 Å². The standard InChI is InChI=1S/C19H24ClN5O4S/c1-10(2)14-6-13(20)7-15(11(3)4)16(14)24-18(27)25-30(28,29)19-22-8-12(9-23-19)17(26)21-5/h6-11H,1-5H3,(H,21,26)(H2,24,25,27). The number of urea groups is 1. The first kappa shape index (κ1) is 23.6. The van der Waals surface area contributed by atoms with Crippen LogP contribution in [0.1, 0.15) is 61.0 Å². The van der Waals surface area contributed by atoms with Crippen LogP contribution in [0.3, 0.4) is 0 Å². The van der Waals surface area contributed by atoms with E-state index in [0.717, 1.165) is 23.5 Å². The third-order valence-electron chi connectivity index (χ3n) is 4.23. The first-order valence-corrected chi connectivity index (χ1v) is 11.0. The Bertz CT molecular complexity index is 1020. The molecule has 0 aliphatic rings. The lowest BCUT2D eigenvalue weighted by Gasteiger charge is -2.21. The number of sulfonamides is 1. The number of nitrogens with zero attached hydrogens (tertiary/aromatic N) is 2. The molecular formula is C19H24ClN5O4S. The molecule has 30 heavy (non-hydrogen) atoms. The van der Waals surface area contributed by atoms with Crippen molar-refractivity contribution in [2.45, 2.75) is 44.7 Å². The monoisotopic (exact) mass is 453 g/mol.